The van der Waals surface area contributed by atoms with Crippen LogP contribution >= 0.6 is 0 Å². The summed E-state index contributed by atoms with van der Waals surface area (Å²) >= 11 is 0. The maximum Gasteiger partial charge on any atom is 0.280 e. The van der Waals surface area contributed by atoms with Gasteiger partial charge in [-0.1, -0.05) is 0 Å². The predicted molar refractivity (Wildman–Crippen MR) is 72.8 cm³/mol. The molecule has 1 fully saturated rings. The second kappa shape index (κ2) is 5.36. The lowest BCUT2D eigenvalue weighted by molar-refractivity contribution is -0.385. The molecule has 102 valence electrons. The lowest BCUT2D eigenvalue weighted by atomic mass is 10.1. The minimum absolute atomic E-state index is 0.133. The molecule has 1 heterocycles. The number of carbonyl (C=O) groups is 1. The molecule has 0 aromatic heterocycles. The second-order valence-electron chi connectivity index (χ2n) is 4.92. The quantitative estimate of drug-likeness (QED) is 0.470. The number of nitrogens with zero attached hydrogens (tertiary/aromatic N) is 3. The molecule has 0 bridgehead atoms. The van der Waals surface area contributed by atoms with Crippen molar-refractivity contribution >= 4 is 17.7 Å². The van der Waals surface area contributed by atoms with Gasteiger partial charge in [-0.15, -0.1) is 0 Å². The van der Waals surface area contributed by atoms with Gasteiger partial charge in [-0.3, -0.25) is 14.9 Å². The van der Waals surface area contributed by atoms with Crippen LogP contribution in [0.3, 0.4) is 0 Å². The van der Waals surface area contributed by atoms with Gasteiger partial charge in [-0.05, 0) is 26.1 Å². The summed E-state index contributed by atoms with van der Waals surface area (Å²) in [6.45, 7) is 4.84. The van der Waals surface area contributed by atoms with E-state index in [2.05, 4.69) is 23.8 Å². The van der Waals surface area contributed by atoms with Crippen LogP contribution in [-0.4, -0.2) is 48.8 Å². The SMILES string of the molecule is CC1CN(C)CCN1c1ccc([N+](=O)[O-])c(C=O)c1. The first-order valence-corrected chi connectivity index (χ1v) is 6.21. The summed E-state index contributed by atoms with van der Waals surface area (Å²) in [5.74, 6) is 0. The zero-order chi connectivity index (χ0) is 14.0. The third-order valence-corrected chi connectivity index (χ3v) is 3.50. The van der Waals surface area contributed by atoms with E-state index in [0.717, 1.165) is 25.3 Å². The van der Waals surface area contributed by atoms with Crippen molar-refractivity contribution in [3.63, 3.8) is 0 Å². The number of hydrogen-bond donors (Lipinski definition) is 0. The van der Waals surface area contributed by atoms with Crippen LogP contribution in [0, 0.1) is 10.1 Å². The number of carbonyl (C=O) groups excluding carboxylic acids is 1. The Morgan fingerprint density at radius 3 is 2.74 bits per heavy atom. The maximum absolute atomic E-state index is 11.0. The van der Waals surface area contributed by atoms with Crippen LogP contribution in [0.5, 0.6) is 0 Å². The molecule has 1 aliphatic heterocycles. The van der Waals surface area contributed by atoms with E-state index in [1.807, 2.05) is 0 Å². The molecule has 1 aliphatic rings. The van der Waals surface area contributed by atoms with Crippen molar-refractivity contribution in [3.8, 4) is 0 Å². The van der Waals surface area contributed by atoms with Gasteiger partial charge in [0.2, 0.25) is 0 Å². The zero-order valence-corrected chi connectivity index (χ0v) is 11.1. The van der Waals surface area contributed by atoms with Gasteiger partial charge in [0.05, 0.1) is 10.5 Å². The molecule has 1 aromatic carbocycles. The Balaban J connectivity index is 2.31. The minimum atomic E-state index is -0.527. The summed E-state index contributed by atoms with van der Waals surface area (Å²) in [5.41, 5.74) is 0.863. The van der Waals surface area contributed by atoms with Crippen LogP contribution in [0.2, 0.25) is 0 Å². The van der Waals surface area contributed by atoms with E-state index < -0.39 is 4.92 Å². The highest BCUT2D eigenvalue weighted by atomic mass is 16.6. The standard InChI is InChI=1S/C13H17N3O3/c1-10-8-14(2)5-6-15(10)12-3-4-13(16(18)19)11(7-12)9-17/h3-4,7,9-10H,5-6,8H2,1-2H3. The first kappa shape index (κ1) is 13.5. The average Bonchev–Trinajstić information content (AvgIpc) is 2.37. The first-order valence-electron chi connectivity index (χ1n) is 6.21. The largest absolute Gasteiger partial charge is 0.366 e. The average molecular weight is 263 g/mol. The molecule has 0 aliphatic carbocycles. The molecule has 0 saturated carbocycles. The van der Waals surface area contributed by atoms with Gasteiger partial charge >= 0.3 is 0 Å². The fraction of sp³-hybridized carbons (Fsp3) is 0.462. The Labute approximate surface area is 111 Å². The topological polar surface area (TPSA) is 66.7 Å². The molecule has 1 aromatic rings. The molecule has 19 heavy (non-hydrogen) atoms. The summed E-state index contributed by atoms with van der Waals surface area (Å²) in [4.78, 5) is 25.7. The van der Waals surface area contributed by atoms with Crippen molar-refractivity contribution in [2.24, 2.45) is 0 Å². The Bertz CT molecular complexity index is 504. The monoisotopic (exact) mass is 263 g/mol. The number of likely N-dealkylation sites (N-methyl/N-ethyl adjacent to an activating group) is 1. The molecule has 0 spiro atoms. The molecular formula is C13H17N3O3. The number of nitro benzene ring substituents is 1. The molecule has 0 radical (unpaired) electrons. The van der Waals surface area contributed by atoms with Crippen LogP contribution in [0.4, 0.5) is 11.4 Å². The minimum Gasteiger partial charge on any atom is -0.366 e. The zero-order valence-electron chi connectivity index (χ0n) is 11.1. The van der Waals surface area contributed by atoms with Crippen LogP contribution in [-0.2, 0) is 0 Å². The van der Waals surface area contributed by atoms with Crippen LogP contribution in [0.1, 0.15) is 17.3 Å². The second-order valence-corrected chi connectivity index (χ2v) is 4.92. The molecule has 6 heteroatoms. The Morgan fingerprint density at radius 2 is 2.16 bits per heavy atom. The van der Waals surface area contributed by atoms with Crippen LogP contribution < -0.4 is 4.90 Å². The van der Waals surface area contributed by atoms with Crippen molar-refractivity contribution in [2.45, 2.75) is 13.0 Å². The molecule has 2 rings (SSSR count). The highest BCUT2D eigenvalue weighted by molar-refractivity contribution is 5.83. The Hall–Kier alpha value is -1.95. The number of piperazine rings is 1. The lowest BCUT2D eigenvalue weighted by Gasteiger charge is -2.39. The molecular weight excluding hydrogens is 246 g/mol. The van der Waals surface area contributed by atoms with E-state index in [4.69, 9.17) is 0 Å². The summed E-state index contributed by atoms with van der Waals surface area (Å²) in [6, 6.07) is 5.05. The third-order valence-electron chi connectivity index (χ3n) is 3.50. The third kappa shape index (κ3) is 2.73. The van der Waals surface area contributed by atoms with E-state index in [1.165, 1.54) is 6.07 Å². The first-order chi connectivity index (χ1) is 9.02. The van der Waals surface area contributed by atoms with Gasteiger partial charge in [-0.2, -0.15) is 0 Å². The van der Waals surface area contributed by atoms with Gasteiger partial charge < -0.3 is 9.80 Å². The van der Waals surface area contributed by atoms with E-state index in [0.29, 0.717) is 12.3 Å². The summed E-state index contributed by atoms with van der Waals surface area (Å²) < 4.78 is 0. The molecule has 0 N–H and O–H groups in total. The number of anilines is 1. The van der Waals surface area contributed by atoms with E-state index >= 15 is 0 Å². The lowest BCUT2D eigenvalue weighted by Crippen LogP contribution is -2.50. The predicted octanol–water partition coefficient (Wildman–Crippen LogP) is 1.55. The highest BCUT2D eigenvalue weighted by Gasteiger charge is 2.23. The summed E-state index contributed by atoms with van der Waals surface area (Å²) in [6.07, 6.45) is 0.544. The van der Waals surface area contributed by atoms with Gasteiger partial charge in [0.1, 0.15) is 0 Å². The summed E-state index contributed by atoms with van der Waals surface area (Å²) in [5, 5.41) is 10.8. The molecule has 0 amide bonds. The van der Waals surface area contributed by atoms with E-state index in [-0.39, 0.29) is 11.3 Å². The van der Waals surface area contributed by atoms with E-state index in [9.17, 15) is 14.9 Å². The van der Waals surface area contributed by atoms with Crippen LogP contribution in [0.15, 0.2) is 18.2 Å². The van der Waals surface area contributed by atoms with Gasteiger partial charge in [0.15, 0.2) is 6.29 Å². The fourth-order valence-corrected chi connectivity index (χ4v) is 2.50. The number of hydrogen-bond acceptors (Lipinski definition) is 5. The molecule has 1 atom stereocenters. The van der Waals surface area contributed by atoms with E-state index in [1.54, 1.807) is 12.1 Å². The van der Waals surface area contributed by atoms with Crippen molar-refractivity contribution in [3.05, 3.63) is 33.9 Å². The van der Waals surface area contributed by atoms with Crippen molar-refractivity contribution < 1.29 is 9.72 Å². The molecule has 1 unspecified atom stereocenters. The fourth-order valence-electron chi connectivity index (χ4n) is 2.50. The Morgan fingerprint density at radius 1 is 1.42 bits per heavy atom. The van der Waals surface area contributed by atoms with Gasteiger partial charge in [-0.25, -0.2) is 0 Å². The smallest absolute Gasteiger partial charge is 0.280 e. The van der Waals surface area contributed by atoms with Gasteiger partial charge in [0, 0.05) is 37.4 Å². The summed E-state index contributed by atoms with van der Waals surface area (Å²) in [7, 11) is 2.07. The van der Waals surface area contributed by atoms with Crippen LogP contribution in [0.25, 0.3) is 0 Å². The number of aldehydes is 1. The molecule has 6 nitrogen and oxygen atoms in total. The maximum atomic E-state index is 11.0. The van der Waals surface area contributed by atoms with Gasteiger partial charge in [0.25, 0.3) is 5.69 Å². The highest BCUT2D eigenvalue weighted by Crippen LogP contribution is 2.26. The Kier molecular flexibility index (Phi) is 3.80. The van der Waals surface area contributed by atoms with Crippen molar-refractivity contribution in [2.75, 3.05) is 31.6 Å². The number of benzene rings is 1. The van der Waals surface area contributed by atoms with Crippen molar-refractivity contribution in [1.29, 1.82) is 0 Å². The number of rotatable bonds is 3. The normalized spacial score (nSPS) is 20.3. The van der Waals surface area contributed by atoms with Crippen molar-refractivity contribution in [1.82, 2.24) is 4.90 Å². The molecule has 1 saturated heterocycles. The number of nitro groups is 1.